The lowest BCUT2D eigenvalue weighted by molar-refractivity contribution is -0.0484. The van der Waals surface area contributed by atoms with E-state index >= 15 is 0 Å². The minimum Gasteiger partial charge on any atom is -0.387 e. The highest BCUT2D eigenvalue weighted by Gasteiger charge is 2.45. The van der Waals surface area contributed by atoms with Crippen molar-refractivity contribution in [3.8, 4) is 0 Å². The number of hydrogen-bond donors (Lipinski definition) is 5. The fourth-order valence-electron chi connectivity index (χ4n) is 3.05. The maximum atomic E-state index is 12.3. The highest BCUT2D eigenvalue weighted by atomic mass is 32.2. The molecule has 29 heavy (non-hydrogen) atoms. The molecule has 7 N–H and O–H groups in total. The summed E-state index contributed by atoms with van der Waals surface area (Å²) in [5.74, 6) is 0.938. The van der Waals surface area contributed by atoms with E-state index < -0.39 is 38.2 Å². The monoisotopic (exact) mass is 448 g/mol. The van der Waals surface area contributed by atoms with Gasteiger partial charge < -0.3 is 35.8 Å². The number of rotatable bonds is 9. The first kappa shape index (κ1) is 22.4. The van der Waals surface area contributed by atoms with Crippen molar-refractivity contribution in [3.05, 3.63) is 12.7 Å². The average molecular weight is 448 g/mol. The highest BCUT2D eigenvalue weighted by Crippen LogP contribution is 2.44. The molecular formula is C15H25N6O6PS. The summed E-state index contributed by atoms with van der Waals surface area (Å²) in [6, 6.07) is -0.478. The quantitative estimate of drug-likeness (QED) is 0.304. The topological polar surface area (TPSA) is 192 Å². The van der Waals surface area contributed by atoms with Gasteiger partial charge in [0.15, 0.2) is 17.7 Å². The lowest BCUT2D eigenvalue weighted by Crippen LogP contribution is -2.34. The third-order valence-corrected chi connectivity index (χ3v) is 6.72. The van der Waals surface area contributed by atoms with Gasteiger partial charge in [-0.15, -0.1) is 0 Å². The van der Waals surface area contributed by atoms with Crippen LogP contribution in [-0.2, 0) is 13.8 Å². The molecule has 0 spiro atoms. The molecule has 0 aromatic carbocycles. The number of aromatic nitrogens is 4. The van der Waals surface area contributed by atoms with Crippen LogP contribution >= 0.6 is 19.4 Å². The minimum absolute atomic E-state index is 0.167. The van der Waals surface area contributed by atoms with E-state index in [1.165, 1.54) is 17.2 Å². The van der Waals surface area contributed by atoms with E-state index in [-0.39, 0.29) is 18.6 Å². The van der Waals surface area contributed by atoms with E-state index in [1.807, 2.05) is 6.26 Å². The summed E-state index contributed by atoms with van der Waals surface area (Å²) in [5, 5.41) is 20.7. The molecule has 0 saturated carbocycles. The zero-order chi connectivity index (χ0) is 21.2. The molecule has 3 rings (SSSR count). The van der Waals surface area contributed by atoms with Crippen LogP contribution in [0.1, 0.15) is 12.6 Å². The standard InChI is InChI=1S/C15H25N6O6PS/c1-29-3-2-8(16)5-28(24,25)26-4-9-11(22)12(23)15(27-9)21-7-20-10-13(17)18-6-19-14(10)21/h6-9,11-12,15,22-23H,2-5,16H2,1H3,(H,24,25)(H2,17,18,19)/t8-,9+,11+,12+,15+/m0/s1. The van der Waals surface area contributed by atoms with Crippen molar-refractivity contribution in [3.63, 3.8) is 0 Å². The predicted octanol–water partition coefficient (Wildman–Crippen LogP) is -0.690. The van der Waals surface area contributed by atoms with Crippen molar-refractivity contribution in [2.45, 2.75) is 37.0 Å². The van der Waals surface area contributed by atoms with E-state index in [0.29, 0.717) is 17.6 Å². The van der Waals surface area contributed by atoms with Crippen molar-refractivity contribution < 1.29 is 28.9 Å². The summed E-state index contributed by atoms with van der Waals surface area (Å²) >= 11 is 1.59. The number of thioether (sulfide) groups is 1. The maximum absolute atomic E-state index is 12.3. The van der Waals surface area contributed by atoms with Gasteiger partial charge in [-0.05, 0) is 18.4 Å². The molecule has 3 heterocycles. The Morgan fingerprint density at radius 1 is 1.38 bits per heavy atom. The van der Waals surface area contributed by atoms with E-state index in [1.54, 1.807) is 11.8 Å². The summed E-state index contributed by atoms with van der Waals surface area (Å²) in [6.07, 6.45) is 0.168. The number of imidazole rings is 1. The second-order valence-corrected chi connectivity index (χ2v) is 9.67. The van der Waals surface area contributed by atoms with Crippen molar-refractivity contribution in [1.82, 2.24) is 19.5 Å². The van der Waals surface area contributed by atoms with Gasteiger partial charge in [0.2, 0.25) is 0 Å². The Labute approximate surface area is 171 Å². The number of ether oxygens (including phenoxy) is 1. The van der Waals surface area contributed by atoms with E-state index in [9.17, 15) is 19.7 Å². The first-order valence-electron chi connectivity index (χ1n) is 8.89. The van der Waals surface area contributed by atoms with Gasteiger partial charge >= 0.3 is 7.60 Å². The molecule has 0 aliphatic carbocycles. The van der Waals surface area contributed by atoms with Gasteiger partial charge in [0.1, 0.15) is 30.2 Å². The number of aliphatic hydroxyl groups excluding tert-OH is 2. The highest BCUT2D eigenvalue weighted by molar-refractivity contribution is 7.98. The van der Waals surface area contributed by atoms with Gasteiger partial charge in [-0.1, -0.05) is 0 Å². The third-order valence-electron chi connectivity index (χ3n) is 4.60. The average Bonchev–Trinajstić information content (AvgIpc) is 3.21. The smallest absolute Gasteiger partial charge is 0.329 e. The first-order chi connectivity index (χ1) is 13.7. The minimum atomic E-state index is -3.98. The Hall–Kier alpha value is -1.31. The van der Waals surface area contributed by atoms with Crippen LogP contribution in [0.2, 0.25) is 0 Å². The van der Waals surface area contributed by atoms with Crippen LogP contribution in [0.15, 0.2) is 12.7 Å². The van der Waals surface area contributed by atoms with Crippen LogP contribution in [0.25, 0.3) is 11.2 Å². The summed E-state index contributed by atoms with van der Waals surface area (Å²) in [5.41, 5.74) is 12.3. The fourth-order valence-corrected chi connectivity index (χ4v) is 4.85. The second kappa shape index (κ2) is 9.23. The van der Waals surface area contributed by atoms with Crippen molar-refractivity contribution >= 4 is 36.3 Å². The van der Waals surface area contributed by atoms with Crippen molar-refractivity contribution in [2.75, 3.05) is 30.5 Å². The summed E-state index contributed by atoms with van der Waals surface area (Å²) < 4.78 is 24.5. The zero-order valence-corrected chi connectivity index (χ0v) is 17.4. The van der Waals surface area contributed by atoms with Gasteiger partial charge in [-0.25, -0.2) is 15.0 Å². The van der Waals surface area contributed by atoms with Gasteiger partial charge in [0.05, 0.1) is 19.1 Å². The molecule has 0 radical (unpaired) electrons. The molecule has 6 atom stereocenters. The number of fused-ring (bicyclic) bond motifs is 1. The predicted molar refractivity (Wildman–Crippen MR) is 107 cm³/mol. The molecule has 0 bridgehead atoms. The van der Waals surface area contributed by atoms with E-state index in [2.05, 4.69) is 15.0 Å². The molecular weight excluding hydrogens is 423 g/mol. The van der Waals surface area contributed by atoms with Crippen LogP contribution < -0.4 is 11.5 Å². The van der Waals surface area contributed by atoms with Gasteiger partial charge in [-0.2, -0.15) is 11.8 Å². The van der Waals surface area contributed by atoms with Gasteiger partial charge in [-0.3, -0.25) is 9.13 Å². The SMILES string of the molecule is CSCC[C@H](N)CP(=O)(O)OC[C@H]1O[C@@H](n2cnc3c(N)ncnc32)[C@H](O)[C@@H]1O. The second-order valence-electron chi connectivity index (χ2n) is 6.79. The number of anilines is 1. The molecule has 1 saturated heterocycles. The summed E-state index contributed by atoms with van der Waals surface area (Å²) in [7, 11) is -3.98. The van der Waals surface area contributed by atoms with Gasteiger partial charge in [0.25, 0.3) is 0 Å². The Morgan fingerprint density at radius 3 is 2.86 bits per heavy atom. The van der Waals surface area contributed by atoms with Crippen molar-refractivity contribution in [1.29, 1.82) is 0 Å². The molecule has 1 aliphatic heterocycles. The Balaban J connectivity index is 1.65. The number of nitrogens with zero attached hydrogens (tertiary/aromatic N) is 4. The van der Waals surface area contributed by atoms with Crippen LogP contribution in [0.4, 0.5) is 5.82 Å². The molecule has 1 unspecified atom stereocenters. The first-order valence-corrected chi connectivity index (χ1v) is 12.0. The summed E-state index contributed by atoms with van der Waals surface area (Å²) in [6.45, 7) is -0.387. The van der Waals surface area contributed by atoms with Gasteiger partial charge in [0, 0.05) is 6.04 Å². The zero-order valence-electron chi connectivity index (χ0n) is 15.7. The number of hydrogen-bond acceptors (Lipinski definition) is 11. The summed E-state index contributed by atoms with van der Waals surface area (Å²) in [4.78, 5) is 22.0. The number of aliphatic hydroxyl groups is 2. The van der Waals surface area contributed by atoms with Crippen LogP contribution in [-0.4, -0.2) is 83.8 Å². The number of nitrogens with two attached hydrogens (primary N) is 2. The Morgan fingerprint density at radius 2 is 2.14 bits per heavy atom. The maximum Gasteiger partial charge on any atom is 0.329 e. The molecule has 0 amide bonds. The molecule has 1 aliphatic rings. The molecule has 12 nitrogen and oxygen atoms in total. The molecule has 1 fully saturated rings. The largest absolute Gasteiger partial charge is 0.387 e. The molecule has 162 valence electrons. The fraction of sp³-hybridized carbons (Fsp3) is 0.667. The lowest BCUT2D eigenvalue weighted by Gasteiger charge is -2.20. The lowest BCUT2D eigenvalue weighted by atomic mass is 10.1. The number of nitrogen functional groups attached to an aromatic ring is 1. The molecule has 14 heteroatoms. The van der Waals surface area contributed by atoms with E-state index in [4.69, 9.17) is 20.7 Å². The Kier molecular flexibility index (Phi) is 7.12. The van der Waals surface area contributed by atoms with Crippen LogP contribution in [0.5, 0.6) is 0 Å². The normalized spacial score (nSPS) is 27.9. The molecule has 2 aromatic rings. The Bertz CT molecular complexity index is 886. The van der Waals surface area contributed by atoms with E-state index in [0.717, 1.165) is 5.75 Å². The third kappa shape index (κ3) is 5.06. The van der Waals surface area contributed by atoms with Crippen molar-refractivity contribution in [2.24, 2.45) is 5.73 Å². The van der Waals surface area contributed by atoms with Crippen LogP contribution in [0.3, 0.4) is 0 Å². The molecule has 2 aromatic heterocycles. The van der Waals surface area contributed by atoms with Crippen LogP contribution in [0, 0.1) is 0 Å².